The maximum absolute atomic E-state index is 12.3. The number of halogens is 1. The van der Waals surface area contributed by atoms with Gasteiger partial charge in [-0.2, -0.15) is 0 Å². The average Bonchev–Trinajstić information content (AvgIpc) is 3.12. The van der Waals surface area contributed by atoms with Crippen LogP contribution in [0, 0.1) is 17.0 Å². The van der Waals surface area contributed by atoms with Crippen molar-refractivity contribution in [1.29, 1.82) is 0 Å². The lowest BCUT2D eigenvalue weighted by Crippen LogP contribution is -2.12. The second-order valence-corrected chi connectivity index (χ2v) is 6.10. The lowest BCUT2D eigenvalue weighted by atomic mass is 10.2. The van der Waals surface area contributed by atoms with Crippen LogP contribution in [0.2, 0.25) is 5.02 Å². The van der Waals surface area contributed by atoms with Gasteiger partial charge in [-0.15, -0.1) is 0 Å². The highest BCUT2D eigenvalue weighted by molar-refractivity contribution is 6.31. The summed E-state index contributed by atoms with van der Waals surface area (Å²) in [5.74, 6) is 0.506. The molecular formula is C19H15ClN2O5. The van der Waals surface area contributed by atoms with Gasteiger partial charge in [-0.3, -0.25) is 14.9 Å². The number of benzene rings is 2. The first-order valence-electron chi connectivity index (χ1n) is 7.96. The number of amides is 1. The molecule has 1 aromatic heterocycles. The van der Waals surface area contributed by atoms with Gasteiger partial charge in [-0.05, 0) is 48.9 Å². The standard InChI is InChI=1S/C19H15ClN2O5/c1-12-10-13(6-8-15(12)20)26-11-14-7-9-18(27-14)19(23)21-16-4-2-3-5-17(16)22(24)25/h2-10H,11H2,1H3,(H,21,23). The van der Waals surface area contributed by atoms with Crippen molar-refractivity contribution in [3.63, 3.8) is 0 Å². The Balaban J connectivity index is 1.65. The molecule has 1 heterocycles. The number of furan rings is 1. The number of para-hydroxylation sites is 2. The third-order valence-electron chi connectivity index (χ3n) is 3.74. The molecule has 0 saturated carbocycles. The van der Waals surface area contributed by atoms with E-state index in [1.807, 2.05) is 6.92 Å². The van der Waals surface area contributed by atoms with Crippen LogP contribution in [-0.4, -0.2) is 10.8 Å². The van der Waals surface area contributed by atoms with E-state index in [2.05, 4.69) is 5.32 Å². The van der Waals surface area contributed by atoms with Crippen molar-refractivity contribution in [2.24, 2.45) is 0 Å². The van der Waals surface area contributed by atoms with Crippen LogP contribution in [0.25, 0.3) is 0 Å². The van der Waals surface area contributed by atoms with Gasteiger partial charge in [-0.25, -0.2) is 0 Å². The summed E-state index contributed by atoms with van der Waals surface area (Å²) >= 11 is 5.97. The van der Waals surface area contributed by atoms with Crippen LogP contribution in [0.5, 0.6) is 5.75 Å². The minimum atomic E-state index is -0.585. The van der Waals surface area contributed by atoms with Crippen molar-refractivity contribution < 1.29 is 18.9 Å². The van der Waals surface area contributed by atoms with Crippen LogP contribution < -0.4 is 10.1 Å². The van der Waals surface area contributed by atoms with Crippen LogP contribution >= 0.6 is 11.6 Å². The van der Waals surface area contributed by atoms with E-state index in [1.165, 1.54) is 24.3 Å². The van der Waals surface area contributed by atoms with Gasteiger partial charge in [0.2, 0.25) is 0 Å². The number of nitro benzene ring substituents is 1. The molecule has 1 amide bonds. The summed E-state index contributed by atoms with van der Waals surface area (Å²) < 4.78 is 11.1. The summed E-state index contributed by atoms with van der Waals surface area (Å²) in [6.45, 7) is 1.99. The molecule has 0 unspecified atom stereocenters. The molecule has 0 spiro atoms. The number of nitrogens with one attached hydrogen (secondary N) is 1. The van der Waals surface area contributed by atoms with Crippen molar-refractivity contribution in [1.82, 2.24) is 0 Å². The molecule has 27 heavy (non-hydrogen) atoms. The Morgan fingerprint density at radius 3 is 2.74 bits per heavy atom. The van der Waals surface area contributed by atoms with Gasteiger partial charge in [0.25, 0.3) is 11.6 Å². The summed E-state index contributed by atoms with van der Waals surface area (Å²) in [5.41, 5.74) is 0.788. The number of hydrogen-bond donors (Lipinski definition) is 1. The number of hydrogen-bond acceptors (Lipinski definition) is 5. The largest absolute Gasteiger partial charge is 0.486 e. The monoisotopic (exact) mass is 386 g/mol. The molecule has 0 saturated heterocycles. The number of nitrogens with zero attached hydrogens (tertiary/aromatic N) is 1. The zero-order valence-electron chi connectivity index (χ0n) is 14.3. The molecule has 0 radical (unpaired) electrons. The quantitative estimate of drug-likeness (QED) is 0.476. The number of anilines is 1. The molecule has 0 aliphatic carbocycles. The van der Waals surface area contributed by atoms with E-state index >= 15 is 0 Å². The zero-order valence-corrected chi connectivity index (χ0v) is 15.0. The second kappa shape index (κ2) is 7.92. The molecule has 7 nitrogen and oxygen atoms in total. The molecule has 2 aromatic carbocycles. The SMILES string of the molecule is Cc1cc(OCc2ccc(C(=O)Nc3ccccc3[N+](=O)[O-])o2)ccc1Cl. The Hall–Kier alpha value is -3.32. The van der Waals surface area contributed by atoms with Crippen LogP contribution in [0.4, 0.5) is 11.4 Å². The molecule has 0 aliphatic heterocycles. The third-order valence-corrected chi connectivity index (χ3v) is 4.17. The van der Waals surface area contributed by atoms with Gasteiger partial charge < -0.3 is 14.5 Å². The smallest absolute Gasteiger partial charge is 0.292 e. The summed E-state index contributed by atoms with van der Waals surface area (Å²) in [6, 6.07) is 14.2. The molecule has 1 N–H and O–H groups in total. The maximum atomic E-state index is 12.3. The first-order valence-corrected chi connectivity index (χ1v) is 8.34. The van der Waals surface area contributed by atoms with E-state index in [4.69, 9.17) is 20.8 Å². The fourth-order valence-corrected chi connectivity index (χ4v) is 2.48. The Morgan fingerprint density at radius 2 is 2.00 bits per heavy atom. The fourth-order valence-electron chi connectivity index (χ4n) is 2.36. The fraction of sp³-hybridized carbons (Fsp3) is 0.105. The predicted molar refractivity (Wildman–Crippen MR) is 100 cm³/mol. The van der Waals surface area contributed by atoms with E-state index in [0.717, 1.165) is 5.56 Å². The molecule has 3 rings (SSSR count). The molecule has 0 fully saturated rings. The minimum absolute atomic E-state index is 0.0269. The van der Waals surface area contributed by atoms with Crippen molar-refractivity contribution in [3.8, 4) is 5.75 Å². The van der Waals surface area contributed by atoms with Crippen LogP contribution in [0.15, 0.2) is 59.0 Å². The van der Waals surface area contributed by atoms with E-state index in [0.29, 0.717) is 16.5 Å². The average molecular weight is 387 g/mol. The van der Waals surface area contributed by atoms with Crippen LogP contribution in [0.3, 0.4) is 0 Å². The highest BCUT2D eigenvalue weighted by atomic mass is 35.5. The molecule has 3 aromatic rings. The summed E-state index contributed by atoms with van der Waals surface area (Å²) in [6.07, 6.45) is 0. The molecule has 0 atom stereocenters. The molecule has 8 heteroatoms. The maximum Gasteiger partial charge on any atom is 0.292 e. The first kappa shape index (κ1) is 18.5. The molecule has 138 valence electrons. The van der Waals surface area contributed by atoms with Gasteiger partial charge in [0.05, 0.1) is 4.92 Å². The Labute approximate surface area is 159 Å². The van der Waals surface area contributed by atoms with Crippen molar-refractivity contribution >= 4 is 28.9 Å². The Bertz CT molecular complexity index is 999. The van der Waals surface area contributed by atoms with Crippen LogP contribution in [0.1, 0.15) is 21.9 Å². The zero-order chi connectivity index (χ0) is 19.4. The predicted octanol–water partition coefficient (Wildman–Crippen LogP) is 4.98. The Kier molecular flexibility index (Phi) is 5.42. The van der Waals surface area contributed by atoms with Gasteiger partial charge in [0.15, 0.2) is 5.76 Å². The Morgan fingerprint density at radius 1 is 1.22 bits per heavy atom. The third kappa shape index (κ3) is 4.45. The summed E-state index contributed by atoms with van der Waals surface area (Å²) in [4.78, 5) is 22.7. The van der Waals surface area contributed by atoms with Crippen LogP contribution in [-0.2, 0) is 6.61 Å². The van der Waals surface area contributed by atoms with E-state index in [1.54, 1.807) is 30.3 Å². The number of carbonyl (C=O) groups excluding carboxylic acids is 1. The number of ether oxygens (including phenoxy) is 1. The second-order valence-electron chi connectivity index (χ2n) is 5.69. The topological polar surface area (TPSA) is 94.6 Å². The van der Waals surface area contributed by atoms with Crippen molar-refractivity contribution in [2.75, 3.05) is 5.32 Å². The highest BCUT2D eigenvalue weighted by Crippen LogP contribution is 2.25. The molecule has 0 bridgehead atoms. The summed E-state index contributed by atoms with van der Waals surface area (Å²) in [7, 11) is 0. The molecule has 0 aliphatic rings. The van der Waals surface area contributed by atoms with Gasteiger partial charge in [0.1, 0.15) is 23.8 Å². The lowest BCUT2D eigenvalue weighted by molar-refractivity contribution is -0.383. The summed E-state index contributed by atoms with van der Waals surface area (Å²) in [5, 5.41) is 14.1. The van der Waals surface area contributed by atoms with Gasteiger partial charge >= 0.3 is 0 Å². The number of carbonyl (C=O) groups is 1. The number of nitro groups is 1. The van der Waals surface area contributed by atoms with E-state index in [9.17, 15) is 14.9 Å². The van der Waals surface area contributed by atoms with E-state index in [-0.39, 0.29) is 23.7 Å². The lowest BCUT2D eigenvalue weighted by Gasteiger charge is -2.06. The van der Waals surface area contributed by atoms with Gasteiger partial charge in [-0.1, -0.05) is 23.7 Å². The van der Waals surface area contributed by atoms with Crippen molar-refractivity contribution in [2.45, 2.75) is 13.5 Å². The number of rotatable bonds is 6. The highest BCUT2D eigenvalue weighted by Gasteiger charge is 2.18. The first-order chi connectivity index (χ1) is 12.9. The normalized spacial score (nSPS) is 10.4. The van der Waals surface area contributed by atoms with Crippen molar-refractivity contribution in [3.05, 3.63) is 86.8 Å². The molecular weight excluding hydrogens is 372 g/mol. The van der Waals surface area contributed by atoms with Gasteiger partial charge in [0, 0.05) is 11.1 Å². The number of aryl methyl sites for hydroxylation is 1. The minimum Gasteiger partial charge on any atom is -0.486 e. The van der Waals surface area contributed by atoms with E-state index < -0.39 is 10.8 Å².